The molecule has 0 bridgehead atoms. The van der Waals surface area contributed by atoms with Crippen molar-refractivity contribution in [2.45, 2.75) is 26.3 Å². The smallest absolute Gasteiger partial charge is 0.326 e. The van der Waals surface area contributed by atoms with Crippen LogP contribution in [0.4, 0.5) is 0 Å². The summed E-state index contributed by atoms with van der Waals surface area (Å²) >= 11 is 0. The van der Waals surface area contributed by atoms with Gasteiger partial charge in [-0.05, 0) is 50.5 Å². The summed E-state index contributed by atoms with van der Waals surface area (Å²) in [6.45, 7) is 6.17. The number of para-hydroxylation sites is 1. The number of aromatic amines is 1. The Morgan fingerprint density at radius 3 is 2.80 bits per heavy atom. The molecule has 5 heteroatoms. The minimum absolute atomic E-state index is 0.126. The van der Waals surface area contributed by atoms with Gasteiger partial charge >= 0.3 is 5.69 Å². The van der Waals surface area contributed by atoms with Gasteiger partial charge in [0.25, 0.3) is 0 Å². The molecule has 20 heavy (non-hydrogen) atoms. The van der Waals surface area contributed by atoms with E-state index < -0.39 is 0 Å². The number of benzene rings is 1. The largest absolute Gasteiger partial charge is 0.506 e. The van der Waals surface area contributed by atoms with Crippen LogP contribution in [-0.4, -0.2) is 39.2 Å². The van der Waals surface area contributed by atoms with Crippen LogP contribution >= 0.6 is 0 Å². The maximum atomic E-state index is 12.1. The number of H-pyrrole nitrogens is 1. The second kappa shape index (κ2) is 5.32. The number of hydrogen-bond donors (Lipinski definition) is 2. The van der Waals surface area contributed by atoms with E-state index in [4.69, 9.17) is 0 Å². The van der Waals surface area contributed by atoms with E-state index in [0.29, 0.717) is 23.5 Å². The molecule has 5 nitrogen and oxygen atoms in total. The lowest BCUT2D eigenvalue weighted by Gasteiger charge is -2.31. The zero-order chi connectivity index (χ0) is 14.1. The maximum absolute atomic E-state index is 12.1. The number of fused-ring (bicyclic) bond motifs is 1. The van der Waals surface area contributed by atoms with Crippen LogP contribution in [0.25, 0.3) is 11.0 Å². The fourth-order valence-corrected chi connectivity index (χ4v) is 3.12. The van der Waals surface area contributed by atoms with E-state index in [1.165, 1.54) is 0 Å². The van der Waals surface area contributed by atoms with Crippen LogP contribution in [0.15, 0.2) is 23.0 Å². The number of imidazole rings is 1. The zero-order valence-electron chi connectivity index (χ0n) is 11.8. The standard InChI is InChI=1S/C15H21N3O2/c1-2-17-8-6-11(7-9-17)10-18-14-12(16-15(18)20)4-3-5-13(14)19/h3-5,11,19H,2,6-10H2,1H3,(H,16,20). The summed E-state index contributed by atoms with van der Waals surface area (Å²) < 4.78 is 1.69. The van der Waals surface area contributed by atoms with Crippen molar-refractivity contribution >= 4 is 11.0 Å². The van der Waals surface area contributed by atoms with Gasteiger partial charge in [0.1, 0.15) is 11.3 Å². The Bertz CT molecular complexity index is 651. The van der Waals surface area contributed by atoms with Crippen molar-refractivity contribution in [1.29, 1.82) is 0 Å². The Labute approximate surface area is 117 Å². The van der Waals surface area contributed by atoms with Crippen molar-refractivity contribution in [2.75, 3.05) is 19.6 Å². The van der Waals surface area contributed by atoms with Gasteiger partial charge in [0.05, 0.1) is 5.52 Å². The Morgan fingerprint density at radius 1 is 1.35 bits per heavy atom. The van der Waals surface area contributed by atoms with Crippen molar-refractivity contribution in [3.63, 3.8) is 0 Å². The molecule has 1 saturated heterocycles. The van der Waals surface area contributed by atoms with Gasteiger partial charge in [-0.15, -0.1) is 0 Å². The number of rotatable bonds is 3. The fraction of sp³-hybridized carbons (Fsp3) is 0.533. The third kappa shape index (κ3) is 2.33. The Hall–Kier alpha value is -1.75. The van der Waals surface area contributed by atoms with Crippen LogP contribution in [0, 0.1) is 5.92 Å². The predicted octanol–water partition coefficient (Wildman–Crippen LogP) is 1.77. The normalized spacial score (nSPS) is 17.9. The molecule has 1 fully saturated rings. The monoisotopic (exact) mass is 275 g/mol. The molecule has 0 saturated carbocycles. The number of likely N-dealkylation sites (tertiary alicyclic amines) is 1. The highest BCUT2D eigenvalue weighted by molar-refractivity contribution is 5.81. The number of nitrogens with one attached hydrogen (secondary N) is 1. The van der Waals surface area contributed by atoms with Crippen LogP contribution < -0.4 is 5.69 Å². The summed E-state index contributed by atoms with van der Waals surface area (Å²) in [6.07, 6.45) is 2.22. The van der Waals surface area contributed by atoms with E-state index in [2.05, 4.69) is 16.8 Å². The lowest BCUT2D eigenvalue weighted by atomic mass is 9.96. The molecule has 2 heterocycles. The summed E-state index contributed by atoms with van der Waals surface area (Å²) in [7, 11) is 0. The Morgan fingerprint density at radius 2 is 2.10 bits per heavy atom. The first-order valence-electron chi connectivity index (χ1n) is 7.32. The molecule has 1 aliphatic heterocycles. The van der Waals surface area contributed by atoms with E-state index in [9.17, 15) is 9.90 Å². The van der Waals surface area contributed by atoms with E-state index >= 15 is 0 Å². The van der Waals surface area contributed by atoms with Gasteiger partial charge in [0.2, 0.25) is 0 Å². The molecule has 0 atom stereocenters. The number of aromatic hydroxyl groups is 1. The first kappa shape index (κ1) is 13.2. The summed E-state index contributed by atoms with van der Waals surface area (Å²) in [4.78, 5) is 17.3. The lowest BCUT2D eigenvalue weighted by Crippen LogP contribution is -2.35. The summed E-state index contributed by atoms with van der Waals surface area (Å²) in [5, 5.41) is 9.99. The van der Waals surface area contributed by atoms with Crippen LogP contribution in [0.3, 0.4) is 0 Å². The maximum Gasteiger partial charge on any atom is 0.326 e. The molecule has 2 aromatic rings. The molecule has 0 unspecified atom stereocenters. The van der Waals surface area contributed by atoms with Gasteiger partial charge < -0.3 is 15.0 Å². The first-order valence-corrected chi connectivity index (χ1v) is 7.32. The summed E-state index contributed by atoms with van der Waals surface area (Å²) in [6, 6.07) is 5.20. The highest BCUT2D eigenvalue weighted by atomic mass is 16.3. The van der Waals surface area contributed by atoms with Crippen molar-refractivity contribution in [2.24, 2.45) is 5.92 Å². The van der Waals surface area contributed by atoms with Crippen LogP contribution in [0.2, 0.25) is 0 Å². The lowest BCUT2D eigenvalue weighted by molar-refractivity contribution is 0.181. The van der Waals surface area contributed by atoms with E-state index in [0.717, 1.165) is 32.5 Å². The van der Waals surface area contributed by atoms with Gasteiger partial charge in [-0.25, -0.2) is 4.79 Å². The number of phenolic OH excluding ortho intramolecular Hbond substituents is 1. The van der Waals surface area contributed by atoms with Crippen molar-refractivity contribution in [3.05, 3.63) is 28.7 Å². The van der Waals surface area contributed by atoms with E-state index in [1.54, 1.807) is 16.7 Å². The second-order valence-electron chi connectivity index (χ2n) is 5.59. The number of hydrogen-bond acceptors (Lipinski definition) is 3. The minimum atomic E-state index is -0.126. The molecule has 108 valence electrons. The predicted molar refractivity (Wildman–Crippen MR) is 79.1 cm³/mol. The molecule has 1 aliphatic rings. The molecule has 1 aromatic carbocycles. The van der Waals surface area contributed by atoms with E-state index in [1.807, 2.05) is 6.07 Å². The number of aromatic nitrogens is 2. The molecule has 0 radical (unpaired) electrons. The quantitative estimate of drug-likeness (QED) is 0.897. The zero-order valence-corrected chi connectivity index (χ0v) is 11.8. The molecular weight excluding hydrogens is 254 g/mol. The first-order chi connectivity index (χ1) is 9.69. The molecule has 1 aromatic heterocycles. The number of piperidine rings is 1. The average Bonchev–Trinajstić information content (AvgIpc) is 2.77. The molecule has 2 N–H and O–H groups in total. The Kier molecular flexibility index (Phi) is 3.53. The average molecular weight is 275 g/mol. The summed E-state index contributed by atoms with van der Waals surface area (Å²) in [5.41, 5.74) is 1.22. The highest BCUT2D eigenvalue weighted by Crippen LogP contribution is 2.25. The van der Waals surface area contributed by atoms with Crippen molar-refractivity contribution in [1.82, 2.24) is 14.5 Å². The van der Waals surface area contributed by atoms with Crippen LogP contribution in [-0.2, 0) is 6.54 Å². The molecule has 0 amide bonds. The van der Waals surface area contributed by atoms with E-state index in [-0.39, 0.29) is 11.4 Å². The highest BCUT2D eigenvalue weighted by Gasteiger charge is 2.20. The Balaban J connectivity index is 1.85. The fourth-order valence-electron chi connectivity index (χ4n) is 3.12. The molecule has 0 spiro atoms. The SMILES string of the molecule is CCN1CCC(Cn2c(=O)[nH]c3cccc(O)c32)CC1. The summed E-state index contributed by atoms with van der Waals surface area (Å²) in [5.74, 6) is 0.681. The van der Waals surface area contributed by atoms with Crippen LogP contribution in [0.5, 0.6) is 5.75 Å². The van der Waals surface area contributed by atoms with Crippen molar-refractivity contribution < 1.29 is 5.11 Å². The van der Waals surface area contributed by atoms with Gasteiger partial charge in [0, 0.05) is 6.54 Å². The third-order valence-electron chi connectivity index (χ3n) is 4.37. The number of nitrogens with zero attached hydrogens (tertiary/aromatic N) is 2. The third-order valence-corrected chi connectivity index (χ3v) is 4.37. The second-order valence-corrected chi connectivity index (χ2v) is 5.59. The van der Waals surface area contributed by atoms with Crippen LogP contribution in [0.1, 0.15) is 19.8 Å². The number of phenols is 1. The topological polar surface area (TPSA) is 61.3 Å². The molecule has 3 rings (SSSR count). The van der Waals surface area contributed by atoms with Gasteiger partial charge in [0.15, 0.2) is 0 Å². The minimum Gasteiger partial charge on any atom is -0.506 e. The molecule has 0 aliphatic carbocycles. The van der Waals surface area contributed by atoms with Crippen molar-refractivity contribution in [3.8, 4) is 5.75 Å². The molecular formula is C15H21N3O2. The van der Waals surface area contributed by atoms with Gasteiger partial charge in [-0.3, -0.25) is 4.57 Å². The van der Waals surface area contributed by atoms with Gasteiger partial charge in [-0.1, -0.05) is 13.0 Å². The van der Waals surface area contributed by atoms with Gasteiger partial charge in [-0.2, -0.15) is 0 Å².